The van der Waals surface area contributed by atoms with Gasteiger partial charge in [0, 0.05) is 56.4 Å². The number of sulfonamides is 1. The molecule has 0 aliphatic carbocycles. The first-order valence-corrected chi connectivity index (χ1v) is 12.8. The van der Waals surface area contributed by atoms with E-state index in [1.807, 2.05) is 16.8 Å². The van der Waals surface area contributed by atoms with E-state index >= 15 is 0 Å². The Labute approximate surface area is 190 Å². The number of nitrogens with zero attached hydrogens (tertiary/aromatic N) is 6. The molecule has 170 valence electrons. The van der Waals surface area contributed by atoms with Crippen molar-refractivity contribution in [2.75, 3.05) is 57.4 Å². The van der Waals surface area contributed by atoms with Gasteiger partial charge in [0.05, 0.1) is 19.8 Å². The zero-order valence-electron chi connectivity index (χ0n) is 17.5. The summed E-state index contributed by atoms with van der Waals surface area (Å²) in [5, 5.41) is 8.05. The van der Waals surface area contributed by atoms with Gasteiger partial charge in [-0.3, -0.25) is 4.90 Å². The van der Waals surface area contributed by atoms with E-state index in [4.69, 9.17) is 9.26 Å². The summed E-state index contributed by atoms with van der Waals surface area (Å²) in [6.45, 7) is 5.43. The molecule has 0 spiro atoms. The largest absolute Gasteiger partial charge is 0.379 e. The van der Waals surface area contributed by atoms with E-state index in [1.54, 1.807) is 23.5 Å². The Kier molecular flexibility index (Phi) is 6.20. The van der Waals surface area contributed by atoms with Gasteiger partial charge in [0.25, 0.3) is 0 Å². The van der Waals surface area contributed by atoms with Crippen LogP contribution < -0.4 is 4.90 Å². The molecule has 12 heteroatoms. The molecule has 2 fully saturated rings. The highest BCUT2D eigenvalue weighted by atomic mass is 32.2. The van der Waals surface area contributed by atoms with Gasteiger partial charge in [-0.15, -0.1) is 0 Å². The predicted octanol–water partition coefficient (Wildman–Crippen LogP) is 1.54. The van der Waals surface area contributed by atoms with Crippen molar-refractivity contribution in [2.45, 2.75) is 11.4 Å². The van der Waals surface area contributed by atoms with Crippen LogP contribution in [0.4, 0.5) is 5.82 Å². The minimum absolute atomic E-state index is 0.222. The lowest BCUT2D eigenvalue weighted by atomic mass is 10.3. The third-order valence-electron chi connectivity index (χ3n) is 5.63. The molecule has 0 aromatic carbocycles. The standard InChI is InChI=1S/C20H24N6O4S2/c27-32(28,26-8-10-29-11-9-26)17-1-2-18(21-13-17)25-6-4-24(5-7-25)14-19-22-20(23-30-19)16-3-12-31-15-16/h1-3,12-13,15H,4-11,14H2. The summed E-state index contributed by atoms with van der Waals surface area (Å²) in [7, 11) is -3.53. The number of ether oxygens (including phenoxy) is 1. The lowest BCUT2D eigenvalue weighted by Gasteiger charge is -2.34. The van der Waals surface area contributed by atoms with Gasteiger partial charge >= 0.3 is 0 Å². The van der Waals surface area contributed by atoms with Crippen molar-refractivity contribution in [3.8, 4) is 11.4 Å². The third kappa shape index (κ3) is 4.55. The van der Waals surface area contributed by atoms with Crippen LogP contribution in [0.3, 0.4) is 0 Å². The number of morpholine rings is 1. The van der Waals surface area contributed by atoms with E-state index in [0.29, 0.717) is 44.6 Å². The van der Waals surface area contributed by atoms with Crippen LogP contribution in [0.15, 0.2) is 44.6 Å². The van der Waals surface area contributed by atoms with Gasteiger partial charge < -0.3 is 14.2 Å². The molecule has 2 aliphatic heterocycles. The summed E-state index contributed by atoms with van der Waals surface area (Å²) in [5.41, 5.74) is 0.972. The summed E-state index contributed by atoms with van der Waals surface area (Å²) in [5.74, 6) is 2.01. The maximum atomic E-state index is 12.8. The van der Waals surface area contributed by atoms with Crippen molar-refractivity contribution in [2.24, 2.45) is 0 Å². The van der Waals surface area contributed by atoms with Crippen LogP contribution in [0, 0.1) is 0 Å². The predicted molar refractivity (Wildman–Crippen MR) is 119 cm³/mol. The number of thiophene rings is 1. The minimum Gasteiger partial charge on any atom is -0.379 e. The zero-order valence-corrected chi connectivity index (χ0v) is 19.1. The molecule has 2 aliphatic rings. The molecule has 0 atom stereocenters. The highest BCUT2D eigenvalue weighted by Crippen LogP contribution is 2.22. The van der Waals surface area contributed by atoms with E-state index in [2.05, 4.69) is 24.9 Å². The average molecular weight is 477 g/mol. The number of aromatic nitrogens is 3. The van der Waals surface area contributed by atoms with Gasteiger partial charge in [-0.2, -0.15) is 20.6 Å². The van der Waals surface area contributed by atoms with E-state index < -0.39 is 10.0 Å². The smallest absolute Gasteiger partial charge is 0.244 e. The molecule has 0 bridgehead atoms. The van der Waals surface area contributed by atoms with Crippen molar-refractivity contribution >= 4 is 27.2 Å². The first-order valence-electron chi connectivity index (χ1n) is 10.5. The summed E-state index contributed by atoms with van der Waals surface area (Å²) in [6.07, 6.45) is 1.46. The van der Waals surface area contributed by atoms with Crippen molar-refractivity contribution in [1.82, 2.24) is 24.3 Å². The van der Waals surface area contributed by atoms with Gasteiger partial charge in [-0.1, -0.05) is 5.16 Å². The highest BCUT2D eigenvalue weighted by molar-refractivity contribution is 7.89. The molecular formula is C20H24N6O4S2. The Hall–Kier alpha value is -2.38. The van der Waals surface area contributed by atoms with Crippen LogP contribution in [-0.4, -0.2) is 85.2 Å². The Morgan fingerprint density at radius 2 is 1.84 bits per heavy atom. The summed E-state index contributed by atoms with van der Waals surface area (Å²) >= 11 is 1.60. The quantitative estimate of drug-likeness (QED) is 0.524. The fourth-order valence-corrected chi connectivity index (χ4v) is 5.79. The first-order chi connectivity index (χ1) is 15.6. The molecule has 0 amide bonds. The van der Waals surface area contributed by atoms with Crippen molar-refractivity contribution in [3.05, 3.63) is 41.0 Å². The highest BCUT2D eigenvalue weighted by Gasteiger charge is 2.27. The second-order valence-corrected chi connectivity index (χ2v) is 10.4. The first kappa shape index (κ1) is 21.5. The van der Waals surface area contributed by atoms with Gasteiger partial charge in [0.15, 0.2) is 0 Å². The Balaban J connectivity index is 1.17. The van der Waals surface area contributed by atoms with E-state index in [1.165, 1.54) is 10.5 Å². The van der Waals surface area contributed by atoms with Gasteiger partial charge in [0.2, 0.25) is 21.7 Å². The van der Waals surface area contributed by atoms with Crippen LogP contribution in [0.1, 0.15) is 5.89 Å². The summed E-state index contributed by atoms with van der Waals surface area (Å²) in [4.78, 5) is 13.6. The zero-order chi connectivity index (χ0) is 22.0. The molecule has 0 unspecified atom stereocenters. The Bertz CT molecular complexity index is 1120. The Morgan fingerprint density at radius 3 is 2.53 bits per heavy atom. The molecule has 3 aromatic rings. The summed E-state index contributed by atoms with van der Waals surface area (Å²) < 4.78 is 37.6. The molecule has 0 saturated carbocycles. The number of hydrogen-bond acceptors (Lipinski definition) is 10. The molecule has 32 heavy (non-hydrogen) atoms. The van der Waals surface area contributed by atoms with Crippen LogP contribution in [0.25, 0.3) is 11.4 Å². The van der Waals surface area contributed by atoms with Crippen LogP contribution >= 0.6 is 11.3 Å². The van der Waals surface area contributed by atoms with Crippen molar-refractivity contribution in [1.29, 1.82) is 0 Å². The van der Waals surface area contributed by atoms with E-state index in [-0.39, 0.29) is 4.90 Å². The topological polar surface area (TPSA) is 105 Å². The fraction of sp³-hybridized carbons (Fsp3) is 0.450. The molecule has 0 N–H and O–H groups in total. The minimum atomic E-state index is -3.53. The number of pyridine rings is 1. The monoisotopic (exact) mass is 476 g/mol. The Morgan fingerprint density at radius 1 is 1.03 bits per heavy atom. The number of anilines is 1. The molecule has 5 rings (SSSR count). The normalized spacial score (nSPS) is 18.8. The third-order valence-corrected chi connectivity index (χ3v) is 8.20. The molecular weight excluding hydrogens is 452 g/mol. The lowest BCUT2D eigenvalue weighted by molar-refractivity contribution is 0.0730. The van der Waals surface area contributed by atoms with Gasteiger partial charge in [-0.25, -0.2) is 13.4 Å². The van der Waals surface area contributed by atoms with E-state index in [0.717, 1.165) is 37.6 Å². The van der Waals surface area contributed by atoms with Crippen molar-refractivity contribution < 1.29 is 17.7 Å². The van der Waals surface area contributed by atoms with Gasteiger partial charge in [-0.05, 0) is 23.6 Å². The molecule has 0 radical (unpaired) electrons. The number of rotatable bonds is 6. The van der Waals surface area contributed by atoms with E-state index in [9.17, 15) is 8.42 Å². The molecule has 2 saturated heterocycles. The second kappa shape index (κ2) is 9.24. The molecule has 5 heterocycles. The van der Waals surface area contributed by atoms with Crippen LogP contribution in [0.5, 0.6) is 0 Å². The molecule has 10 nitrogen and oxygen atoms in total. The molecule has 3 aromatic heterocycles. The van der Waals surface area contributed by atoms with Crippen LogP contribution in [-0.2, 0) is 21.3 Å². The number of hydrogen-bond donors (Lipinski definition) is 0. The SMILES string of the molecule is O=S(=O)(c1ccc(N2CCN(Cc3nc(-c4ccsc4)no3)CC2)nc1)N1CCOCC1. The fourth-order valence-electron chi connectivity index (χ4n) is 3.80. The van der Waals surface area contributed by atoms with Crippen LogP contribution in [0.2, 0.25) is 0 Å². The van der Waals surface area contributed by atoms with Gasteiger partial charge in [0.1, 0.15) is 10.7 Å². The average Bonchev–Trinajstić information content (AvgIpc) is 3.53. The van der Waals surface area contributed by atoms with Crippen molar-refractivity contribution in [3.63, 3.8) is 0 Å². The maximum absolute atomic E-state index is 12.8. The second-order valence-electron chi connectivity index (χ2n) is 7.66. The maximum Gasteiger partial charge on any atom is 0.244 e. The number of piperazine rings is 1. The lowest BCUT2D eigenvalue weighted by Crippen LogP contribution is -2.46. The summed E-state index contributed by atoms with van der Waals surface area (Å²) in [6, 6.07) is 5.40.